The maximum absolute atomic E-state index is 13.7. The van der Waals surface area contributed by atoms with E-state index in [-0.39, 0.29) is 42.1 Å². The molecule has 4 atom stereocenters. The Kier molecular flexibility index (Phi) is 5.92. The number of ketones is 1. The van der Waals surface area contributed by atoms with Crippen LogP contribution in [0.25, 0.3) is 5.70 Å². The van der Waals surface area contributed by atoms with Gasteiger partial charge in [0.15, 0.2) is 11.0 Å². The van der Waals surface area contributed by atoms with Gasteiger partial charge < -0.3 is 19.9 Å². The maximum Gasteiger partial charge on any atom is 0.251 e. The van der Waals surface area contributed by atoms with Crippen LogP contribution in [0.2, 0.25) is 0 Å². The minimum atomic E-state index is -0.624. The Hall–Kier alpha value is -2.65. The summed E-state index contributed by atoms with van der Waals surface area (Å²) in [5.74, 6) is -0.240. The van der Waals surface area contributed by atoms with E-state index in [4.69, 9.17) is 4.74 Å². The highest BCUT2D eigenvalue weighted by Gasteiger charge is 2.52. The quantitative estimate of drug-likeness (QED) is 0.677. The third-order valence-electron chi connectivity index (χ3n) is 7.96. The predicted octanol–water partition coefficient (Wildman–Crippen LogP) is 2.51. The fourth-order valence-electron chi connectivity index (χ4n) is 6.13. The van der Waals surface area contributed by atoms with Crippen molar-refractivity contribution < 1.29 is 19.1 Å². The summed E-state index contributed by atoms with van der Waals surface area (Å²) in [5.41, 5.74) is 2.68. The topological polar surface area (TPSA) is 91.3 Å². The van der Waals surface area contributed by atoms with Crippen molar-refractivity contribution in [1.29, 1.82) is 0 Å². The predicted molar refractivity (Wildman–Crippen MR) is 134 cm³/mol. The van der Waals surface area contributed by atoms with Crippen LogP contribution in [-0.4, -0.2) is 77.0 Å². The molecule has 6 rings (SSSR count). The molecule has 0 radical (unpaired) electrons. The van der Waals surface area contributed by atoms with Gasteiger partial charge in [0.2, 0.25) is 5.91 Å². The van der Waals surface area contributed by atoms with Crippen LogP contribution in [0.4, 0.5) is 0 Å². The minimum Gasteiger partial charge on any atom is -0.367 e. The van der Waals surface area contributed by atoms with Crippen LogP contribution < -0.4 is 5.32 Å². The van der Waals surface area contributed by atoms with Gasteiger partial charge >= 0.3 is 0 Å². The van der Waals surface area contributed by atoms with Gasteiger partial charge in [0.25, 0.3) is 5.91 Å². The normalized spacial score (nSPS) is 28.7. The SMILES string of the molecule is C[C@H]1CN(C(=O)[C@@H](NC(=O)c2ccc(C3=CSC4=NCCN34)cc2)C2CCCC2)[C@@H]2C(=O)CO[C@@H]21. The van der Waals surface area contributed by atoms with Gasteiger partial charge in [0.05, 0.1) is 18.3 Å². The maximum atomic E-state index is 13.7. The zero-order chi connectivity index (χ0) is 24.1. The van der Waals surface area contributed by atoms with Crippen molar-refractivity contribution in [2.75, 3.05) is 26.2 Å². The molecule has 9 heteroatoms. The first-order valence-corrected chi connectivity index (χ1v) is 13.4. The summed E-state index contributed by atoms with van der Waals surface area (Å²) in [7, 11) is 0. The number of aliphatic imine (C=N–C) groups is 1. The number of ether oxygens (including phenoxy) is 1. The number of benzene rings is 1. The Morgan fingerprint density at radius 1 is 1.20 bits per heavy atom. The van der Waals surface area contributed by atoms with Crippen molar-refractivity contribution in [2.24, 2.45) is 16.8 Å². The van der Waals surface area contributed by atoms with Crippen molar-refractivity contribution in [2.45, 2.75) is 50.8 Å². The molecule has 3 fully saturated rings. The third-order valence-corrected chi connectivity index (χ3v) is 8.86. The summed E-state index contributed by atoms with van der Waals surface area (Å²) in [6, 6.07) is 6.40. The molecule has 2 saturated heterocycles. The summed E-state index contributed by atoms with van der Waals surface area (Å²) in [6.07, 6.45) is 3.69. The average molecular weight is 495 g/mol. The first-order valence-electron chi connectivity index (χ1n) is 12.6. The second-order valence-corrected chi connectivity index (χ2v) is 11.0. The molecule has 0 unspecified atom stereocenters. The van der Waals surface area contributed by atoms with Crippen LogP contribution in [0, 0.1) is 11.8 Å². The third kappa shape index (κ3) is 3.98. The molecule has 1 N–H and O–H groups in total. The largest absolute Gasteiger partial charge is 0.367 e. The summed E-state index contributed by atoms with van der Waals surface area (Å²) >= 11 is 1.63. The minimum absolute atomic E-state index is 0.0367. The fourth-order valence-corrected chi connectivity index (χ4v) is 7.10. The van der Waals surface area contributed by atoms with Crippen LogP contribution in [0.15, 0.2) is 34.7 Å². The van der Waals surface area contributed by atoms with Gasteiger partial charge in [-0.3, -0.25) is 19.4 Å². The number of amidine groups is 1. The van der Waals surface area contributed by atoms with Crippen LogP contribution in [0.5, 0.6) is 0 Å². The molecule has 2 amide bonds. The number of nitrogens with one attached hydrogen (secondary N) is 1. The second kappa shape index (κ2) is 9.09. The number of carbonyl (C=O) groups is 3. The molecule has 4 heterocycles. The van der Waals surface area contributed by atoms with E-state index in [0.29, 0.717) is 12.1 Å². The van der Waals surface area contributed by atoms with Gasteiger partial charge in [0.1, 0.15) is 18.7 Å². The van der Waals surface area contributed by atoms with E-state index in [9.17, 15) is 14.4 Å². The van der Waals surface area contributed by atoms with Gasteiger partial charge in [-0.15, -0.1) is 0 Å². The number of nitrogens with zero attached hydrogens (tertiary/aromatic N) is 3. The average Bonchev–Trinajstić information content (AvgIpc) is 3.66. The Balaban J connectivity index is 1.19. The van der Waals surface area contributed by atoms with E-state index in [0.717, 1.165) is 55.2 Å². The first-order chi connectivity index (χ1) is 17.0. The molecule has 1 aromatic carbocycles. The number of amides is 2. The Labute approximate surface area is 209 Å². The lowest BCUT2D eigenvalue weighted by Crippen LogP contribution is -2.54. The number of hydrogen-bond acceptors (Lipinski definition) is 7. The lowest BCUT2D eigenvalue weighted by atomic mass is 9.95. The standard InChI is InChI=1S/C26H30N4O4S/c1-15-12-30(22-20(31)13-34-23(15)22)25(33)21(17-4-2-3-5-17)28-24(32)18-8-6-16(7-9-18)19-14-35-26-27-10-11-29(19)26/h6-9,14-15,17,21-23H,2-5,10-13H2,1H3,(H,28,32)/t15-,21-,22+,23+/m0/s1. The number of fused-ring (bicyclic) bond motifs is 2. The van der Waals surface area contributed by atoms with Gasteiger partial charge in [-0.25, -0.2) is 0 Å². The van der Waals surface area contributed by atoms with Crippen LogP contribution >= 0.6 is 11.8 Å². The summed E-state index contributed by atoms with van der Waals surface area (Å²) < 4.78 is 5.67. The van der Waals surface area contributed by atoms with Crippen LogP contribution in [0.3, 0.4) is 0 Å². The molecule has 0 spiro atoms. The molecule has 4 aliphatic heterocycles. The Morgan fingerprint density at radius 2 is 1.97 bits per heavy atom. The van der Waals surface area contributed by atoms with Crippen molar-refractivity contribution in [3.8, 4) is 0 Å². The Bertz CT molecular complexity index is 1110. The highest BCUT2D eigenvalue weighted by atomic mass is 32.2. The van der Waals surface area contributed by atoms with E-state index in [1.54, 1.807) is 16.7 Å². The second-order valence-electron chi connectivity index (χ2n) is 10.2. The highest BCUT2D eigenvalue weighted by Crippen LogP contribution is 2.36. The lowest BCUT2D eigenvalue weighted by molar-refractivity contribution is -0.139. The Morgan fingerprint density at radius 3 is 2.74 bits per heavy atom. The summed E-state index contributed by atoms with van der Waals surface area (Å²) in [4.78, 5) is 47.9. The molecule has 8 nitrogen and oxygen atoms in total. The molecular formula is C26H30N4O4S. The summed E-state index contributed by atoms with van der Waals surface area (Å²) in [5, 5.41) is 6.19. The molecule has 0 aromatic heterocycles. The first kappa shape index (κ1) is 22.8. The number of hydrogen-bond donors (Lipinski definition) is 1. The zero-order valence-corrected chi connectivity index (χ0v) is 20.6. The number of thioether (sulfide) groups is 1. The van der Waals surface area contributed by atoms with E-state index in [1.807, 2.05) is 31.2 Å². The number of carbonyl (C=O) groups excluding carboxylic acids is 3. The van der Waals surface area contributed by atoms with E-state index in [1.165, 1.54) is 0 Å². The molecular weight excluding hydrogens is 464 g/mol. The number of rotatable bonds is 5. The fraction of sp³-hybridized carbons (Fsp3) is 0.538. The van der Waals surface area contributed by atoms with Crippen molar-refractivity contribution in [1.82, 2.24) is 15.1 Å². The molecule has 1 aromatic rings. The van der Waals surface area contributed by atoms with Gasteiger partial charge in [-0.2, -0.15) is 0 Å². The highest BCUT2D eigenvalue weighted by molar-refractivity contribution is 8.16. The van der Waals surface area contributed by atoms with E-state index in [2.05, 4.69) is 20.6 Å². The van der Waals surface area contributed by atoms with Crippen LogP contribution in [-0.2, 0) is 14.3 Å². The molecule has 184 valence electrons. The monoisotopic (exact) mass is 494 g/mol. The zero-order valence-electron chi connectivity index (χ0n) is 19.8. The van der Waals surface area contributed by atoms with Gasteiger partial charge in [-0.05, 0) is 36.5 Å². The van der Waals surface area contributed by atoms with Gasteiger partial charge in [0, 0.05) is 30.0 Å². The van der Waals surface area contributed by atoms with Crippen LogP contribution in [0.1, 0.15) is 48.5 Å². The van der Waals surface area contributed by atoms with E-state index >= 15 is 0 Å². The molecule has 1 aliphatic carbocycles. The molecule has 1 saturated carbocycles. The van der Waals surface area contributed by atoms with Crippen molar-refractivity contribution in [3.05, 3.63) is 40.8 Å². The molecule has 35 heavy (non-hydrogen) atoms. The van der Waals surface area contributed by atoms with Gasteiger partial charge in [-0.1, -0.05) is 43.7 Å². The number of likely N-dealkylation sites (tertiary alicyclic amines) is 1. The molecule has 0 bridgehead atoms. The smallest absolute Gasteiger partial charge is 0.251 e. The number of Topliss-reactive ketones (excluding diaryl/α,β-unsaturated/α-hetero) is 1. The summed E-state index contributed by atoms with van der Waals surface area (Å²) in [6.45, 7) is 4.26. The van der Waals surface area contributed by atoms with Crippen molar-refractivity contribution in [3.63, 3.8) is 0 Å². The van der Waals surface area contributed by atoms with Crippen molar-refractivity contribution >= 4 is 40.2 Å². The lowest BCUT2D eigenvalue weighted by Gasteiger charge is -2.30. The van der Waals surface area contributed by atoms with E-state index < -0.39 is 12.1 Å². The molecule has 5 aliphatic rings.